The van der Waals surface area contributed by atoms with Gasteiger partial charge in [0.2, 0.25) is 0 Å². The lowest BCUT2D eigenvalue weighted by atomic mass is 9.76. The number of hydrogen-bond acceptors (Lipinski definition) is 1. The van der Waals surface area contributed by atoms with Gasteiger partial charge in [0.25, 0.3) is 0 Å². The Hall–Kier alpha value is -4.10. The summed E-state index contributed by atoms with van der Waals surface area (Å²) in [6, 6.07) is 20.0. The Labute approximate surface area is 287 Å². The second kappa shape index (κ2) is 15.7. The molecule has 5 rings (SSSR count). The molecule has 1 nitrogen and oxygen atoms in total. The third-order valence-corrected chi connectivity index (χ3v) is 9.73. The lowest BCUT2D eigenvalue weighted by molar-refractivity contribution is 0.643. The van der Waals surface area contributed by atoms with Gasteiger partial charge in [0.1, 0.15) is 0 Å². The van der Waals surface area contributed by atoms with Crippen LogP contribution in [0.3, 0.4) is 0 Å². The summed E-state index contributed by atoms with van der Waals surface area (Å²) in [7, 11) is 0. The molecule has 47 heavy (non-hydrogen) atoms. The van der Waals surface area contributed by atoms with E-state index in [9.17, 15) is 0 Å². The first-order chi connectivity index (χ1) is 22.3. The molecule has 0 aliphatic heterocycles. The fourth-order valence-corrected chi connectivity index (χ4v) is 7.27. The fraction of sp³-hybridized carbons (Fsp3) is 0.348. The predicted octanol–water partition coefficient (Wildman–Crippen LogP) is 13.0. The van der Waals surface area contributed by atoms with Crippen molar-refractivity contribution in [2.24, 2.45) is 0 Å². The number of hydrogen-bond donors (Lipinski definition) is 1. The fourth-order valence-electron chi connectivity index (χ4n) is 7.27. The van der Waals surface area contributed by atoms with Crippen LogP contribution in [0.5, 0.6) is 0 Å². The summed E-state index contributed by atoms with van der Waals surface area (Å²) in [4.78, 5) is 0. The van der Waals surface area contributed by atoms with Gasteiger partial charge in [-0.15, -0.1) is 6.58 Å². The second-order valence-corrected chi connectivity index (χ2v) is 13.5. The Morgan fingerprint density at radius 1 is 0.830 bits per heavy atom. The molecule has 1 heteroatoms. The minimum atomic E-state index is -0.118. The highest BCUT2D eigenvalue weighted by atomic mass is 14.9. The first-order valence-electron chi connectivity index (χ1n) is 17.4. The smallest absolute Gasteiger partial charge is 0.0325 e. The van der Waals surface area contributed by atoms with Gasteiger partial charge >= 0.3 is 0 Å². The molecule has 2 aliphatic carbocycles. The number of fused-ring (bicyclic) bond motifs is 5. The highest BCUT2D eigenvalue weighted by Crippen LogP contribution is 2.59. The van der Waals surface area contributed by atoms with Crippen LogP contribution in [0, 0.1) is 13.8 Å². The lowest BCUT2D eigenvalue weighted by Gasteiger charge is -2.27. The van der Waals surface area contributed by atoms with Gasteiger partial charge in [0.05, 0.1) is 0 Å². The molecule has 0 aromatic heterocycles. The van der Waals surface area contributed by atoms with Gasteiger partial charge < -0.3 is 5.32 Å². The SMILES string of the molecule is C=CCNC(=C)CC1=C(/C=C\C)C(C)(C)c2c1ccc1c2-c2cc(C(=C/C)/C(C)=C\C)c(C)cc2C1(C)C.CC.Cc1ccccc1. The van der Waals surface area contributed by atoms with Crippen LogP contribution in [-0.4, -0.2) is 6.54 Å². The van der Waals surface area contributed by atoms with Crippen molar-refractivity contribution < 1.29 is 0 Å². The molecule has 0 spiro atoms. The zero-order valence-corrected chi connectivity index (χ0v) is 31.4. The topological polar surface area (TPSA) is 12.0 Å². The lowest BCUT2D eigenvalue weighted by Crippen LogP contribution is -2.19. The molecule has 2 aliphatic rings. The molecular formula is C46H59N. The van der Waals surface area contributed by atoms with Gasteiger partial charge in [0.15, 0.2) is 0 Å². The number of allylic oxidation sites excluding steroid dienone is 8. The van der Waals surface area contributed by atoms with Gasteiger partial charge in [-0.3, -0.25) is 0 Å². The van der Waals surface area contributed by atoms with Gasteiger partial charge in [0, 0.05) is 29.5 Å². The Bertz CT molecular complexity index is 1730. The van der Waals surface area contributed by atoms with Crippen molar-refractivity contribution >= 4 is 11.1 Å². The molecule has 1 N–H and O–H groups in total. The summed E-state index contributed by atoms with van der Waals surface area (Å²) >= 11 is 0. The summed E-state index contributed by atoms with van der Waals surface area (Å²) in [5, 5.41) is 3.43. The van der Waals surface area contributed by atoms with E-state index in [0.29, 0.717) is 0 Å². The predicted molar refractivity (Wildman–Crippen MR) is 211 cm³/mol. The second-order valence-electron chi connectivity index (χ2n) is 13.5. The highest BCUT2D eigenvalue weighted by Gasteiger charge is 2.45. The van der Waals surface area contributed by atoms with Crippen molar-refractivity contribution in [1.82, 2.24) is 5.32 Å². The van der Waals surface area contributed by atoms with Crippen molar-refractivity contribution in [1.29, 1.82) is 0 Å². The van der Waals surface area contributed by atoms with E-state index in [2.05, 4.69) is 148 Å². The third-order valence-electron chi connectivity index (χ3n) is 9.73. The zero-order chi connectivity index (χ0) is 35.1. The van der Waals surface area contributed by atoms with E-state index in [4.69, 9.17) is 0 Å². The first-order valence-corrected chi connectivity index (χ1v) is 17.4. The minimum Gasteiger partial charge on any atom is -0.385 e. The van der Waals surface area contributed by atoms with Crippen LogP contribution in [0.2, 0.25) is 0 Å². The molecule has 0 radical (unpaired) electrons. The zero-order valence-electron chi connectivity index (χ0n) is 31.4. The van der Waals surface area contributed by atoms with Crippen molar-refractivity contribution in [2.75, 3.05) is 6.54 Å². The van der Waals surface area contributed by atoms with E-state index >= 15 is 0 Å². The van der Waals surface area contributed by atoms with Crippen LogP contribution < -0.4 is 5.32 Å². The molecular weight excluding hydrogens is 567 g/mol. The van der Waals surface area contributed by atoms with E-state index in [1.807, 2.05) is 38.1 Å². The molecule has 0 unspecified atom stereocenters. The summed E-state index contributed by atoms with van der Waals surface area (Å²) in [5.41, 5.74) is 18.8. The molecule has 0 amide bonds. The molecule has 3 aromatic carbocycles. The van der Waals surface area contributed by atoms with E-state index in [1.165, 1.54) is 72.4 Å². The normalized spacial score (nSPS) is 15.6. The van der Waals surface area contributed by atoms with Gasteiger partial charge in [-0.25, -0.2) is 0 Å². The Balaban J connectivity index is 0.000000582. The average Bonchev–Trinajstić information content (AvgIpc) is 3.40. The minimum absolute atomic E-state index is 0.0522. The van der Waals surface area contributed by atoms with Gasteiger partial charge in [-0.1, -0.05) is 133 Å². The molecule has 0 saturated heterocycles. The molecule has 3 aromatic rings. The van der Waals surface area contributed by atoms with Crippen LogP contribution in [-0.2, 0) is 10.8 Å². The van der Waals surface area contributed by atoms with Crippen molar-refractivity contribution in [3.05, 3.63) is 154 Å². The maximum absolute atomic E-state index is 4.35. The van der Waals surface area contributed by atoms with E-state index in [0.717, 1.165) is 18.7 Å². The first kappa shape index (κ1) is 37.4. The van der Waals surface area contributed by atoms with Crippen LogP contribution in [0.4, 0.5) is 0 Å². The third kappa shape index (κ3) is 7.25. The molecule has 0 bridgehead atoms. The van der Waals surface area contributed by atoms with Gasteiger partial charge in [-0.05, 0) is 114 Å². The quantitative estimate of drug-likeness (QED) is 0.194. The Kier molecular flexibility index (Phi) is 12.4. The van der Waals surface area contributed by atoms with Crippen molar-refractivity contribution in [2.45, 2.75) is 100 Å². The average molecular weight is 626 g/mol. The molecule has 0 saturated carbocycles. The van der Waals surface area contributed by atoms with E-state index < -0.39 is 0 Å². The monoisotopic (exact) mass is 625 g/mol. The summed E-state index contributed by atoms with van der Waals surface area (Å²) in [6.45, 7) is 35.5. The molecule has 0 heterocycles. The van der Waals surface area contributed by atoms with Crippen LogP contribution in [0.1, 0.15) is 115 Å². The van der Waals surface area contributed by atoms with E-state index in [1.54, 1.807) is 0 Å². The van der Waals surface area contributed by atoms with Crippen LogP contribution in [0.15, 0.2) is 115 Å². The maximum Gasteiger partial charge on any atom is 0.0325 e. The molecule has 0 fully saturated rings. The standard InChI is InChI=1S/C37H45N.C7H8.C2H6/c1-12-16-31-29(21-25(7)38-19-13-2)27-17-18-32-34(35(27)37(31,10)11)30-22-28(26(15-4)23(5)14-3)24(6)20-33(30)36(32,8)9;1-7-5-3-2-4-6-7;1-2/h12-18,20,22,38H,2,7,19,21H2,1,3-6,8-11H3;2-6H,1H3;1-2H3/b16-12-,23-14-,26-15+;;. The summed E-state index contributed by atoms with van der Waals surface area (Å²) < 4.78 is 0. The Morgan fingerprint density at radius 2 is 1.49 bits per heavy atom. The number of benzene rings is 3. The number of nitrogens with one attached hydrogen (secondary N) is 1. The summed E-state index contributed by atoms with van der Waals surface area (Å²) in [6.07, 6.45) is 11.7. The van der Waals surface area contributed by atoms with E-state index in [-0.39, 0.29) is 10.8 Å². The number of rotatable bonds is 8. The van der Waals surface area contributed by atoms with Crippen molar-refractivity contribution in [3.63, 3.8) is 0 Å². The van der Waals surface area contributed by atoms with Crippen LogP contribution >= 0.6 is 0 Å². The largest absolute Gasteiger partial charge is 0.385 e. The highest BCUT2D eigenvalue weighted by molar-refractivity contribution is 5.95. The van der Waals surface area contributed by atoms with Gasteiger partial charge in [-0.2, -0.15) is 0 Å². The Morgan fingerprint density at radius 3 is 2.02 bits per heavy atom. The molecule has 248 valence electrons. The summed E-state index contributed by atoms with van der Waals surface area (Å²) in [5.74, 6) is 0. The maximum atomic E-state index is 4.35. The van der Waals surface area contributed by atoms with Crippen molar-refractivity contribution in [3.8, 4) is 11.1 Å². The molecule has 0 atom stereocenters. The number of aryl methyl sites for hydroxylation is 2. The van der Waals surface area contributed by atoms with Crippen LogP contribution in [0.25, 0.3) is 22.3 Å².